The Bertz CT molecular complexity index is 825. The van der Waals surface area contributed by atoms with Gasteiger partial charge in [0, 0.05) is 17.1 Å². The Labute approximate surface area is 162 Å². The van der Waals surface area contributed by atoms with Crippen molar-refractivity contribution in [2.24, 2.45) is 0 Å². The van der Waals surface area contributed by atoms with E-state index in [0.717, 1.165) is 34.9 Å². The third kappa shape index (κ3) is 4.62. The molecule has 1 aliphatic heterocycles. The van der Waals surface area contributed by atoms with Crippen LogP contribution in [0.4, 0.5) is 0 Å². The first-order valence-corrected chi connectivity index (χ1v) is 9.76. The van der Waals surface area contributed by atoms with E-state index in [0.29, 0.717) is 0 Å². The van der Waals surface area contributed by atoms with Crippen molar-refractivity contribution in [2.75, 3.05) is 7.11 Å². The summed E-state index contributed by atoms with van der Waals surface area (Å²) in [7, 11) is 1.67. The molecular weight excluding hydrogens is 336 g/mol. The smallest absolute Gasteiger partial charge is 0.227 e. The number of amides is 1. The van der Waals surface area contributed by atoms with E-state index in [1.165, 1.54) is 0 Å². The molecule has 1 aliphatic rings. The summed E-state index contributed by atoms with van der Waals surface area (Å²) in [5.41, 5.74) is 1.08. The van der Waals surface area contributed by atoms with E-state index in [4.69, 9.17) is 4.74 Å². The summed E-state index contributed by atoms with van der Waals surface area (Å²) < 4.78 is 5.29. The standard InChI is InChI=1S/C23H32N2O2/c1-15(16-7-8-18-12-20(27-6)10-9-17(18)11-16)21(26)24-19-13-22(2,3)25-23(4,5)14-19/h7-12,15,19,25H,13-14H2,1-6H3,(H,24,26). The number of ether oxygens (including phenoxy) is 1. The SMILES string of the molecule is COc1ccc2cc(C(C)C(=O)NC3CC(C)(C)NC(C)(C)C3)ccc2c1. The highest BCUT2D eigenvalue weighted by atomic mass is 16.5. The second-order valence-electron chi connectivity index (χ2n) is 9.20. The number of hydrogen-bond acceptors (Lipinski definition) is 3. The van der Waals surface area contributed by atoms with Crippen LogP contribution in [0.2, 0.25) is 0 Å². The number of nitrogens with one attached hydrogen (secondary N) is 2. The second-order valence-corrected chi connectivity index (χ2v) is 9.20. The number of carbonyl (C=O) groups excluding carboxylic acids is 1. The van der Waals surface area contributed by atoms with Crippen molar-refractivity contribution in [3.8, 4) is 5.75 Å². The van der Waals surface area contributed by atoms with Crippen LogP contribution in [-0.2, 0) is 4.79 Å². The Morgan fingerprint density at radius 1 is 1.07 bits per heavy atom. The van der Waals surface area contributed by atoms with E-state index in [1.54, 1.807) is 7.11 Å². The van der Waals surface area contributed by atoms with Gasteiger partial charge in [-0.05, 0) is 75.9 Å². The van der Waals surface area contributed by atoms with E-state index < -0.39 is 0 Å². The van der Waals surface area contributed by atoms with Crippen molar-refractivity contribution in [1.82, 2.24) is 10.6 Å². The lowest BCUT2D eigenvalue weighted by molar-refractivity contribution is -0.123. The molecule has 1 saturated heterocycles. The first-order valence-electron chi connectivity index (χ1n) is 9.76. The molecule has 4 heteroatoms. The molecule has 2 aromatic rings. The fraction of sp³-hybridized carbons (Fsp3) is 0.522. The zero-order valence-corrected chi connectivity index (χ0v) is 17.3. The van der Waals surface area contributed by atoms with E-state index in [1.807, 2.05) is 31.2 Å². The van der Waals surface area contributed by atoms with Gasteiger partial charge in [-0.25, -0.2) is 0 Å². The monoisotopic (exact) mass is 368 g/mol. The summed E-state index contributed by atoms with van der Waals surface area (Å²) in [5, 5.41) is 9.20. The van der Waals surface area contributed by atoms with Crippen LogP contribution in [0.3, 0.4) is 0 Å². The quantitative estimate of drug-likeness (QED) is 0.842. The van der Waals surface area contributed by atoms with Gasteiger partial charge < -0.3 is 15.4 Å². The molecule has 0 aliphatic carbocycles. The molecule has 2 N–H and O–H groups in total. The third-order valence-corrected chi connectivity index (χ3v) is 5.50. The molecule has 0 saturated carbocycles. The largest absolute Gasteiger partial charge is 0.497 e. The Kier molecular flexibility index (Phi) is 5.22. The summed E-state index contributed by atoms with van der Waals surface area (Å²) in [6.07, 6.45) is 1.87. The lowest BCUT2D eigenvalue weighted by atomic mass is 9.79. The maximum absolute atomic E-state index is 12.9. The Hall–Kier alpha value is -2.07. The number of rotatable bonds is 4. The molecule has 1 fully saturated rings. The van der Waals surface area contributed by atoms with Crippen molar-refractivity contribution >= 4 is 16.7 Å². The van der Waals surface area contributed by atoms with Crippen molar-refractivity contribution < 1.29 is 9.53 Å². The normalized spacial score (nSPS) is 20.2. The molecule has 0 radical (unpaired) electrons. The second kappa shape index (κ2) is 7.16. The fourth-order valence-electron chi connectivity index (χ4n) is 4.54. The Morgan fingerprint density at radius 2 is 1.67 bits per heavy atom. The molecule has 1 heterocycles. The number of benzene rings is 2. The minimum Gasteiger partial charge on any atom is -0.497 e. The van der Waals surface area contributed by atoms with Gasteiger partial charge in [-0.1, -0.05) is 24.3 Å². The highest BCUT2D eigenvalue weighted by Crippen LogP contribution is 2.30. The maximum atomic E-state index is 12.9. The molecule has 0 bridgehead atoms. The minimum atomic E-state index is -0.183. The first-order chi connectivity index (χ1) is 12.6. The summed E-state index contributed by atoms with van der Waals surface area (Å²) in [4.78, 5) is 12.9. The predicted molar refractivity (Wildman–Crippen MR) is 111 cm³/mol. The number of fused-ring (bicyclic) bond motifs is 1. The summed E-state index contributed by atoms with van der Waals surface area (Å²) in [6, 6.07) is 12.4. The highest BCUT2D eigenvalue weighted by molar-refractivity contribution is 5.88. The fourth-order valence-corrected chi connectivity index (χ4v) is 4.54. The van der Waals surface area contributed by atoms with E-state index >= 15 is 0 Å². The molecule has 1 unspecified atom stereocenters. The van der Waals surface area contributed by atoms with Crippen molar-refractivity contribution in [3.05, 3.63) is 42.0 Å². The van der Waals surface area contributed by atoms with Crippen LogP contribution in [0, 0.1) is 0 Å². The number of hydrogen-bond donors (Lipinski definition) is 2. The molecule has 0 spiro atoms. The van der Waals surface area contributed by atoms with Crippen molar-refractivity contribution in [3.63, 3.8) is 0 Å². The Morgan fingerprint density at radius 3 is 2.30 bits per heavy atom. The summed E-state index contributed by atoms with van der Waals surface area (Å²) >= 11 is 0. The van der Waals surface area contributed by atoms with Gasteiger partial charge in [-0.15, -0.1) is 0 Å². The number of methoxy groups -OCH3 is 1. The van der Waals surface area contributed by atoms with Gasteiger partial charge in [0.2, 0.25) is 5.91 Å². The lowest BCUT2D eigenvalue weighted by Gasteiger charge is -2.46. The van der Waals surface area contributed by atoms with Gasteiger partial charge >= 0.3 is 0 Å². The lowest BCUT2D eigenvalue weighted by Crippen LogP contribution is -2.62. The molecule has 1 atom stereocenters. The number of carbonyl (C=O) groups is 1. The van der Waals surface area contributed by atoms with Crippen LogP contribution in [0.15, 0.2) is 36.4 Å². The zero-order chi connectivity index (χ0) is 19.8. The number of piperidine rings is 1. The summed E-state index contributed by atoms with van der Waals surface area (Å²) in [6.45, 7) is 10.8. The first kappa shape index (κ1) is 19.7. The molecule has 146 valence electrons. The van der Waals surface area contributed by atoms with Gasteiger partial charge in [0.15, 0.2) is 0 Å². The zero-order valence-electron chi connectivity index (χ0n) is 17.3. The van der Waals surface area contributed by atoms with Crippen molar-refractivity contribution in [1.29, 1.82) is 0 Å². The average Bonchev–Trinajstić information content (AvgIpc) is 2.57. The van der Waals surface area contributed by atoms with Gasteiger partial charge in [0.25, 0.3) is 0 Å². The summed E-state index contributed by atoms with van der Waals surface area (Å²) in [5.74, 6) is 0.760. The van der Waals surface area contributed by atoms with E-state index in [-0.39, 0.29) is 28.9 Å². The molecule has 27 heavy (non-hydrogen) atoms. The van der Waals surface area contributed by atoms with Crippen LogP contribution in [0.1, 0.15) is 58.9 Å². The molecular formula is C23H32N2O2. The molecule has 1 amide bonds. The Balaban J connectivity index is 1.74. The average molecular weight is 369 g/mol. The minimum absolute atomic E-state index is 0.0188. The molecule has 3 rings (SSSR count). The van der Waals surface area contributed by atoms with Crippen molar-refractivity contribution in [2.45, 2.75) is 70.5 Å². The van der Waals surface area contributed by atoms with Crippen LogP contribution in [0.25, 0.3) is 10.8 Å². The predicted octanol–water partition coefficient (Wildman–Crippen LogP) is 4.38. The van der Waals surface area contributed by atoms with Gasteiger partial charge in [-0.2, -0.15) is 0 Å². The highest BCUT2D eigenvalue weighted by Gasteiger charge is 2.38. The van der Waals surface area contributed by atoms with Crippen LogP contribution in [0.5, 0.6) is 5.75 Å². The maximum Gasteiger partial charge on any atom is 0.227 e. The molecule has 4 nitrogen and oxygen atoms in total. The van der Waals surface area contributed by atoms with Gasteiger partial charge in [0.05, 0.1) is 13.0 Å². The van der Waals surface area contributed by atoms with Gasteiger partial charge in [-0.3, -0.25) is 4.79 Å². The molecule has 0 aromatic heterocycles. The van der Waals surface area contributed by atoms with E-state index in [9.17, 15) is 4.79 Å². The third-order valence-electron chi connectivity index (χ3n) is 5.50. The van der Waals surface area contributed by atoms with Crippen LogP contribution >= 0.6 is 0 Å². The van der Waals surface area contributed by atoms with Crippen LogP contribution < -0.4 is 15.4 Å². The van der Waals surface area contributed by atoms with Crippen LogP contribution in [-0.4, -0.2) is 30.1 Å². The van der Waals surface area contributed by atoms with Gasteiger partial charge in [0.1, 0.15) is 5.75 Å². The van der Waals surface area contributed by atoms with E-state index in [2.05, 4.69) is 50.5 Å². The topological polar surface area (TPSA) is 50.4 Å². The molecule has 2 aromatic carbocycles.